The van der Waals surface area contributed by atoms with Crippen molar-refractivity contribution in [2.75, 3.05) is 13.2 Å². The van der Waals surface area contributed by atoms with E-state index in [0.29, 0.717) is 24.5 Å². The molecule has 0 fully saturated rings. The number of aliphatic imine (C=N–C) groups is 1. The highest BCUT2D eigenvalue weighted by Gasteiger charge is 2.16. The normalized spacial score (nSPS) is 15.2. The monoisotopic (exact) mass is 235 g/mol. The van der Waals surface area contributed by atoms with Crippen LogP contribution in [-0.4, -0.2) is 25.1 Å². The molecule has 0 unspecified atom stereocenters. The summed E-state index contributed by atoms with van der Waals surface area (Å²) >= 11 is 0. The third-order valence-corrected chi connectivity index (χ3v) is 2.29. The summed E-state index contributed by atoms with van der Waals surface area (Å²) in [4.78, 5) is 15.5. The van der Waals surface area contributed by atoms with E-state index >= 15 is 0 Å². The van der Waals surface area contributed by atoms with Gasteiger partial charge in [0.25, 0.3) is 0 Å². The minimum absolute atomic E-state index is 0.0284. The van der Waals surface area contributed by atoms with Gasteiger partial charge in [-0.05, 0) is 23.8 Å². The fourth-order valence-corrected chi connectivity index (χ4v) is 1.57. The van der Waals surface area contributed by atoms with Crippen LogP contribution in [0.25, 0.3) is 0 Å². The van der Waals surface area contributed by atoms with Crippen LogP contribution in [0, 0.1) is 0 Å². The molecule has 0 atom stereocenters. The van der Waals surface area contributed by atoms with Gasteiger partial charge in [-0.25, -0.2) is 9.79 Å². The van der Waals surface area contributed by atoms with Gasteiger partial charge in [0.15, 0.2) is 5.96 Å². The van der Waals surface area contributed by atoms with Gasteiger partial charge in [0.05, 0.1) is 24.5 Å². The topological polar surface area (TPSA) is 99.9 Å². The number of ether oxygens (including phenoxy) is 2. The molecule has 0 aliphatic carbocycles. The molecule has 6 nitrogen and oxygen atoms in total. The number of guanidine groups is 1. The van der Waals surface area contributed by atoms with E-state index < -0.39 is 0 Å². The summed E-state index contributed by atoms with van der Waals surface area (Å²) in [5.41, 5.74) is 12.4. The molecule has 1 aliphatic heterocycles. The summed E-state index contributed by atoms with van der Waals surface area (Å²) in [7, 11) is 0. The fourth-order valence-electron chi connectivity index (χ4n) is 1.57. The highest BCUT2D eigenvalue weighted by Crippen LogP contribution is 2.21. The van der Waals surface area contributed by atoms with Crippen molar-refractivity contribution >= 4 is 17.6 Å². The lowest BCUT2D eigenvalue weighted by molar-refractivity contribution is 0.0229. The Morgan fingerprint density at radius 2 is 2.12 bits per heavy atom. The van der Waals surface area contributed by atoms with E-state index in [1.165, 1.54) is 0 Å². The van der Waals surface area contributed by atoms with Crippen LogP contribution >= 0.6 is 0 Å². The molecule has 4 N–H and O–H groups in total. The van der Waals surface area contributed by atoms with Crippen LogP contribution in [0.1, 0.15) is 15.9 Å². The lowest BCUT2D eigenvalue weighted by Crippen LogP contribution is -2.22. The molecule has 17 heavy (non-hydrogen) atoms. The second-order valence-corrected chi connectivity index (χ2v) is 3.57. The van der Waals surface area contributed by atoms with Gasteiger partial charge in [-0.3, -0.25) is 0 Å². The first-order valence-electron chi connectivity index (χ1n) is 5.14. The first kappa shape index (κ1) is 11.4. The Bertz CT molecular complexity index is 467. The molecule has 0 aromatic heterocycles. The molecule has 0 bridgehead atoms. The zero-order valence-corrected chi connectivity index (χ0v) is 9.18. The van der Waals surface area contributed by atoms with Gasteiger partial charge in [-0.15, -0.1) is 0 Å². The number of hydrogen-bond donors (Lipinski definition) is 2. The largest absolute Gasteiger partial charge is 0.460 e. The SMILES string of the molecule is NC(N)=Nc1ccc2c(c1)COCCOC2=O. The van der Waals surface area contributed by atoms with Gasteiger partial charge in [-0.2, -0.15) is 0 Å². The highest BCUT2D eigenvalue weighted by molar-refractivity contribution is 5.92. The summed E-state index contributed by atoms with van der Waals surface area (Å²) in [6, 6.07) is 5.00. The van der Waals surface area contributed by atoms with Crippen molar-refractivity contribution in [2.24, 2.45) is 16.5 Å². The Labute approximate surface area is 98.2 Å². The van der Waals surface area contributed by atoms with E-state index in [9.17, 15) is 4.79 Å². The maximum absolute atomic E-state index is 11.6. The Morgan fingerprint density at radius 3 is 2.88 bits per heavy atom. The van der Waals surface area contributed by atoms with Crippen molar-refractivity contribution in [1.82, 2.24) is 0 Å². The smallest absolute Gasteiger partial charge is 0.338 e. The minimum atomic E-state index is -0.348. The van der Waals surface area contributed by atoms with Crippen LogP contribution in [0.5, 0.6) is 0 Å². The van der Waals surface area contributed by atoms with Crippen LogP contribution in [0.4, 0.5) is 5.69 Å². The van der Waals surface area contributed by atoms with Crippen LogP contribution < -0.4 is 11.5 Å². The number of nitrogens with zero attached hydrogens (tertiary/aromatic N) is 1. The number of nitrogens with two attached hydrogens (primary N) is 2. The molecule has 6 heteroatoms. The molecule has 0 spiro atoms. The lowest BCUT2D eigenvalue weighted by atomic mass is 10.1. The van der Waals surface area contributed by atoms with Crippen LogP contribution in [0.15, 0.2) is 23.2 Å². The molecule has 0 radical (unpaired) electrons. The van der Waals surface area contributed by atoms with Crippen LogP contribution in [0.3, 0.4) is 0 Å². The number of rotatable bonds is 1. The van der Waals surface area contributed by atoms with E-state index in [2.05, 4.69) is 4.99 Å². The number of carbonyl (C=O) groups is 1. The summed E-state index contributed by atoms with van der Waals surface area (Å²) < 4.78 is 10.3. The number of esters is 1. The van der Waals surface area contributed by atoms with Gasteiger partial charge < -0.3 is 20.9 Å². The zero-order valence-electron chi connectivity index (χ0n) is 9.18. The van der Waals surface area contributed by atoms with E-state index in [1.807, 2.05) is 0 Å². The average molecular weight is 235 g/mol. The third-order valence-electron chi connectivity index (χ3n) is 2.29. The van der Waals surface area contributed by atoms with E-state index in [-0.39, 0.29) is 18.5 Å². The van der Waals surface area contributed by atoms with Crippen molar-refractivity contribution in [1.29, 1.82) is 0 Å². The van der Waals surface area contributed by atoms with E-state index in [1.54, 1.807) is 18.2 Å². The van der Waals surface area contributed by atoms with Crippen molar-refractivity contribution in [3.05, 3.63) is 29.3 Å². The molecular formula is C11H13N3O3. The van der Waals surface area contributed by atoms with Crippen LogP contribution in [0.2, 0.25) is 0 Å². The number of cyclic esters (lactones) is 1. The fraction of sp³-hybridized carbons (Fsp3) is 0.273. The molecule has 90 valence electrons. The van der Waals surface area contributed by atoms with Gasteiger partial charge in [0.1, 0.15) is 6.61 Å². The Balaban J connectivity index is 2.38. The number of carbonyl (C=O) groups excluding carboxylic acids is 1. The number of hydrogen-bond acceptors (Lipinski definition) is 4. The van der Waals surface area contributed by atoms with Crippen LogP contribution in [-0.2, 0) is 16.1 Å². The predicted octanol–water partition coefficient (Wildman–Crippen LogP) is 0.278. The Hall–Kier alpha value is -2.08. The van der Waals surface area contributed by atoms with Crippen molar-refractivity contribution < 1.29 is 14.3 Å². The molecule has 0 saturated carbocycles. The Morgan fingerprint density at radius 1 is 1.29 bits per heavy atom. The highest BCUT2D eigenvalue weighted by atomic mass is 16.6. The Kier molecular flexibility index (Phi) is 3.24. The molecule has 1 aliphatic rings. The summed E-state index contributed by atoms with van der Waals surface area (Å²) in [5.74, 6) is -0.376. The minimum Gasteiger partial charge on any atom is -0.460 e. The molecule has 2 rings (SSSR count). The standard InChI is InChI=1S/C11H13N3O3/c12-11(13)14-8-1-2-9-7(5-8)6-16-3-4-17-10(9)15/h1-2,5H,3-4,6H2,(H4,12,13,14). The second-order valence-electron chi connectivity index (χ2n) is 3.57. The molecule has 1 heterocycles. The predicted molar refractivity (Wildman–Crippen MR) is 61.9 cm³/mol. The summed E-state index contributed by atoms with van der Waals surface area (Å²) in [6.07, 6.45) is 0. The summed E-state index contributed by atoms with van der Waals surface area (Å²) in [6.45, 7) is 1.00. The van der Waals surface area contributed by atoms with Crippen molar-refractivity contribution in [2.45, 2.75) is 6.61 Å². The average Bonchev–Trinajstić information content (AvgIpc) is 2.25. The maximum Gasteiger partial charge on any atom is 0.338 e. The molecule has 1 aromatic rings. The molecule has 1 aromatic carbocycles. The van der Waals surface area contributed by atoms with E-state index in [4.69, 9.17) is 20.9 Å². The third kappa shape index (κ3) is 2.73. The van der Waals surface area contributed by atoms with Gasteiger partial charge in [0.2, 0.25) is 0 Å². The van der Waals surface area contributed by atoms with Crippen molar-refractivity contribution in [3.63, 3.8) is 0 Å². The van der Waals surface area contributed by atoms with Crippen molar-refractivity contribution in [3.8, 4) is 0 Å². The molecule has 0 saturated heterocycles. The van der Waals surface area contributed by atoms with Gasteiger partial charge >= 0.3 is 5.97 Å². The first-order chi connectivity index (χ1) is 8.16. The molecule has 0 amide bonds. The number of fused-ring (bicyclic) bond motifs is 1. The lowest BCUT2D eigenvalue weighted by Gasteiger charge is -2.14. The molecular weight excluding hydrogens is 222 g/mol. The maximum atomic E-state index is 11.6. The zero-order chi connectivity index (χ0) is 12.3. The number of benzene rings is 1. The van der Waals surface area contributed by atoms with Gasteiger partial charge in [0, 0.05) is 0 Å². The van der Waals surface area contributed by atoms with Gasteiger partial charge in [-0.1, -0.05) is 0 Å². The first-order valence-corrected chi connectivity index (χ1v) is 5.14. The second kappa shape index (κ2) is 4.84. The van der Waals surface area contributed by atoms with E-state index in [0.717, 1.165) is 5.56 Å². The summed E-state index contributed by atoms with van der Waals surface area (Å²) in [5, 5.41) is 0. The quantitative estimate of drug-likeness (QED) is 0.413.